The molecule has 1 aliphatic rings. The summed E-state index contributed by atoms with van der Waals surface area (Å²) in [4.78, 5) is 0. The zero-order chi connectivity index (χ0) is 13.6. The molecule has 0 unspecified atom stereocenters. The van der Waals surface area contributed by atoms with Crippen molar-refractivity contribution >= 4 is 12.6 Å². The smallest absolute Gasteiger partial charge is 0.494 e. The monoisotopic (exact) mass is 252 g/mol. The molecular formula is C13H18BFO3. The molecule has 0 N–H and O–H groups in total. The van der Waals surface area contributed by atoms with Crippen molar-refractivity contribution in [3.8, 4) is 5.75 Å². The summed E-state index contributed by atoms with van der Waals surface area (Å²) in [6.07, 6.45) is 0. The second-order valence-corrected chi connectivity index (χ2v) is 5.48. The number of halogens is 1. The van der Waals surface area contributed by atoms with Crippen LogP contribution >= 0.6 is 0 Å². The van der Waals surface area contributed by atoms with Crippen LogP contribution in [0.4, 0.5) is 4.39 Å². The molecule has 1 aromatic rings. The van der Waals surface area contributed by atoms with Gasteiger partial charge in [-0.2, -0.15) is 0 Å². The van der Waals surface area contributed by atoms with E-state index in [0.29, 0.717) is 5.46 Å². The van der Waals surface area contributed by atoms with Crippen LogP contribution in [0.3, 0.4) is 0 Å². The summed E-state index contributed by atoms with van der Waals surface area (Å²) in [5.74, 6) is -0.194. The number of rotatable bonds is 2. The second kappa shape index (κ2) is 4.25. The van der Waals surface area contributed by atoms with Gasteiger partial charge in [0, 0.05) is 0 Å². The molecule has 1 fully saturated rings. The SMILES string of the molecule is COc1ccc(B2OC(C)(C)C(C)(C)O2)cc1F. The summed E-state index contributed by atoms with van der Waals surface area (Å²) in [6.45, 7) is 7.86. The molecule has 18 heavy (non-hydrogen) atoms. The molecule has 0 amide bonds. The number of methoxy groups -OCH3 is 1. The quantitative estimate of drug-likeness (QED) is 0.754. The lowest BCUT2D eigenvalue weighted by molar-refractivity contribution is 0.00578. The Hall–Kier alpha value is -1.07. The van der Waals surface area contributed by atoms with E-state index in [1.807, 2.05) is 27.7 Å². The van der Waals surface area contributed by atoms with Crippen LogP contribution in [0.25, 0.3) is 0 Å². The minimum absolute atomic E-state index is 0.218. The van der Waals surface area contributed by atoms with E-state index in [1.54, 1.807) is 12.1 Å². The van der Waals surface area contributed by atoms with Crippen LogP contribution in [0.2, 0.25) is 0 Å². The first-order valence-corrected chi connectivity index (χ1v) is 5.96. The topological polar surface area (TPSA) is 27.7 Å². The molecule has 0 radical (unpaired) electrons. The van der Waals surface area contributed by atoms with Gasteiger partial charge in [-0.05, 0) is 45.3 Å². The highest BCUT2D eigenvalue weighted by Gasteiger charge is 2.51. The molecule has 1 aliphatic heterocycles. The van der Waals surface area contributed by atoms with Gasteiger partial charge in [0.1, 0.15) is 0 Å². The summed E-state index contributed by atoms with van der Waals surface area (Å²) in [5.41, 5.74) is -0.186. The minimum atomic E-state index is -0.546. The zero-order valence-electron chi connectivity index (χ0n) is 11.4. The van der Waals surface area contributed by atoms with E-state index in [2.05, 4.69) is 0 Å². The molecule has 0 aliphatic carbocycles. The fourth-order valence-electron chi connectivity index (χ4n) is 1.81. The zero-order valence-corrected chi connectivity index (χ0v) is 11.4. The molecule has 0 bridgehead atoms. The van der Waals surface area contributed by atoms with Crippen molar-refractivity contribution in [1.82, 2.24) is 0 Å². The fourth-order valence-corrected chi connectivity index (χ4v) is 1.81. The lowest BCUT2D eigenvalue weighted by Crippen LogP contribution is -2.41. The molecule has 0 spiro atoms. The van der Waals surface area contributed by atoms with Gasteiger partial charge in [-0.3, -0.25) is 0 Å². The highest BCUT2D eigenvalue weighted by Crippen LogP contribution is 2.36. The van der Waals surface area contributed by atoms with Crippen molar-refractivity contribution in [3.05, 3.63) is 24.0 Å². The van der Waals surface area contributed by atoms with E-state index >= 15 is 0 Å². The third kappa shape index (κ3) is 2.13. The van der Waals surface area contributed by atoms with E-state index in [9.17, 15) is 4.39 Å². The molecule has 98 valence electrons. The van der Waals surface area contributed by atoms with Gasteiger partial charge in [0.2, 0.25) is 0 Å². The van der Waals surface area contributed by atoms with Crippen molar-refractivity contribution in [2.24, 2.45) is 0 Å². The minimum Gasteiger partial charge on any atom is -0.494 e. The van der Waals surface area contributed by atoms with Gasteiger partial charge >= 0.3 is 7.12 Å². The van der Waals surface area contributed by atoms with Gasteiger partial charge in [-0.15, -0.1) is 0 Å². The molecular weight excluding hydrogens is 234 g/mol. The van der Waals surface area contributed by atoms with Crippen LogP contribution in [-0.2, 0) is 9.31 Å². The average Bonchev–Trinajstić information content (AvgIpc) is 2.48. The first-order valence-electron chi connectivity index (χ1n) is 5.96. The van der Waals surface area contributed by atoms with Crippen LogP contribution in [-0.4, -0.2) is 25.4 Å². The molecule has 3 nitrogen and oxygen atoms in total. The first-order chi connectivity index (χ1) is 8.27. The lowest BCUT2D eigenvalue weighted by atomic mass is 9.79. The van der Waals surface area contributed by atoms with Crippen molar-refractivity contribution in [2.75, 3.05) is 7.11 Å². The Morgan fingerprint density at radius 1 is 1.11 bits per heavy atom. The van der Waals surface area contributed by atoms with Crippen molar-refractivity contribution in [2.45, 2.75) is 38.9 Å². The molecule has 0 saturated carbocycles. The van der Waals surface area contributed by atoms with Crippen molar-refractivity contribution < 1.29 is 18.4 Å². The van der Waals surface area contributed by atoms with Crippen LogP contribution in [0, 0.1) is 5.82 Å². The first kappa shape index (κ1) is 13.4. The predicted molar refractivity (Wildman–Crippen MR) is 68.7 cm³/mol. The maximum atomic E-state index is 13.7. The van der Waals surface area contributed by atoms with Gasteiger partial charge in [-0.1, -0.05) is 6.07 Å². The molecule has 0 atom stereocenters. The third-order valence-electron chi connectivity index (χ3n) is 3.70. The highest BCUT2D eigenvalue weighted by atomic mass is 19.1. The van der Waals surface area contributed by atoms with Gasteiger partial charge in [0.05, 0.1) is 18.3 Å². The predicted octanol–water partition coefficient (Wildman–Crippen LogP) is 2.13. The Kier molecular flexibility index (Phi) is 3.15. The Balaban J connectivity index is 2.27. The summed E-state index contributed by atoms with van der Waals surface area (Å²) >= 11 is 0. The summed E-state index contributed by atoms with van der Waals surface area (Å²) in [7, 11) is 0.891. The number of benzene rings is 1. The highest BCUT2D eigenvalue weighted by molar-refractivity contribution is 6.62. The van der Waals surface area contributed by atoms with Crippen LogP contribution < -0.4 is 10.2 Å². The molecule has 2 rings (SSSR count). The molecule has 1 aromatic carbocycles. The standard InChI is InChI=1S/C13H18BFO3/c1-12(2)13(3,4)18-14(17-12)9-6-7-11(16-5)10(15)8-9/h6-8H,1-5H3. The fraction of sp³-hybridized carbons (Fsp3) is 0.538. The van der Waals surface area contributed by atoms with E-state index in [-0.39, 0.29) is 5.75 Å². The Labute approximate surface area is 107 Å². The summed E-state index contributed by atoms with van der Waals surface area (Å²) in [6, 6.07) is 4.72. The third-order valence-corrected chi connectivity index (χ3v) is 3.70. The number of ether oxygens (including phenoxy) is 1. The molecule has 1 saturated heterocycles. The van der Waals surface area contributed by atoms with E-state index < -0.39 is 24.1 Å². The van der Waals surface area contributed by atoms with Crippen LogP contribution in [0.5, 0.6) is 5.75 Å². The number of hydrogen-bond donors (Lipinski definition) is 0. The van der Waals surface area contributed by atoms with E-state index in [4.69, 9.17) is 14.0 Å². The van der Waals surface area contributed by atoms with Crippen molar-refractivity contribution in [1.29, 1.82) is 0 Å². The summed E-state index contributed by atoms with van der Waals surface area (Å²) in [5, 5.41) is 0. The van der Waals surface area contributed by atoms with Crippen molar-refractivity contribution in [3.63, 3.8) is 0 Å². The Morgan fingerprint density at radius 3 is 2.11 bits per heavy atom. The maximum absolute atomic E-state index is 13.7. The Morgan fingerprint density at radius 2 is 1.67 bits per heavy atom. The number of hydrogen-bond acceptors (Lipinski definition) is 3. The molecule has 0 aromatic heterocycles. The largest absolute Gasteiger partial charge is 0.494 e. The molecule has 5 heteroatoms. The van der Waals surface area contributed by atoms with E-state index in [1.165, 1.54) is 13.2 Å². The van der Waals surface area contributed by atoms with Gasteiger partial charge in [0.15, 0.2) is 11.6 Å². The van der Waals surface area contributed by atoms with Crippen LogP contribution in [0.15, 0.2) is 18.2 Å². The van der Waals surface area contributed by atoms with Crippen LogP contribution in [0.1, 0.15) is 27.7 Å². The second-order valence-electron chi connectivity index (χ2n) is 5.48. The Bertz CT molecular complexity index is 444. The molecule has 1 heterocycles. The maximum Gasteiger partial charge on any atom is 0.494 e. The van der Waals surface area contributed by atoms with E-state index in [0.717, 1.165) is 0 Å². The van der Waals surface area contributed by atoms with Gasteiger partial charge in [-0.25, -0.2) is 4.39 Å². The normalized spacial score (nSPS) is 21.1. The lowest BCUT2D eigenvalue weighted by Gasteiger charge is -2.32. The van der Waals surface area contributed by atoms with Gasteiger partial charge < -0.3 is 14.0 Å². The summed E-state index contributed by atoms with van der Waals surface area (Å²) < 4.78 is 30.2. The average molecular weight is 252 g/mol. The van der Waals surface area contributed by atoms with Gasteiger partial charge in [0.25, 0.3) is 0 Å².